The average Bonchev–Trinajstić information content (AvgIpc) is 3.22. The number of ketones is 1. The molecule has 0 N–H and O–H groups in total. The van der Waals surface area contributed by atoms with Crippen LogP contribution in [0.3, 0.4) is 0 Å². The number of hydrogen-bond acceptors (Lipinski definition) is 2. The summed E-state index contributed by atoms with van der Waals surface area (Å²) in [6.07, 6.45) is 2.71. The van der Waals surface area contributed by atoms with Crippen LogP contribution >= 0.6 is 0 Å². The number of nitrogens with zero attached hydrogens (tertiary/aromatic N) is 2. The summed E-state index contributed by atoms with van der Waals surface area (Å²) in [5, 5.41) is 6.49. The lowest BCUT2D eigenvalue weighted by Gasteiger charge is -2.18. The zero-order valence-electron chi connectivity index (χ0n) is 17.4. The second kappa shape index (κ2) is 7.47. The lowest BCUT2D eigenvalue weighted by molar-refractivity contribution is 0.101. The van der Waals surface area contributed by atoms with E-state index in [-0.39, 0.29) is 11.6 Å². The number of halogens is 1. The Hall–Kier alpha value is -3.79. The Labute approximate surface area is 179 Å². The lowest BCUT2D eigenvalue weighted by atomic mass is 9.91. The minimum absolute atomic E-state index is 0.00738. The topological polar surface area (TPSA) is 34.4 Å². The van der Waals surface area contributed by atoms with Crippen molar-refractivity contribution in [2.24, 2.45) is 0 Å². The Balaban J connectivity index is 2.03. The molecule has 3 nitrogen and oxygen atoms in total. The van der Waals surface area contributed by atoms with Gasteiger partial charge in [0.2, 0.25) is 0 Å². The molecule has 0 unspecified atom stereocenters. The van der Waals surface area contributed by atoms with Gasteiger partial charge in [-0.15, -0.1) is 0 Å². The van der Waals surface area contributed by atoms with E-state index >= 15 is 0 Å². The summed E-state index contributed by atoms with van der Waals surface area (Å²) >= 11 is 0. The third-order valence-corrected chi connectivity index (χ3v) is 5.79. The van der Waals surface area contributed by atoms with E-state index < -0.39 is 0 Å². The van der Waals surface area contributed by atoms with Crippen molar-refractivity contribution in [2.45, 2.75) is 20.3 Å². The summed E-state index contributed by atoms with van der Waals surface area (Å²) in [5.74, 6) is -0.301. The third-order valence-electron chi connectivity index (χ3n) is 5.79. The van der Waals surface area contributed by atoms with Gasteiger partial charge >= 0.3 is 0 Å². The summed E-state index contributed by atoms with van der Waals surface area (Å²) in [7, 11) is 0. The summed E-state index contributed by atoms with van der Waals surface area (Å²) in [6.45, 7) is 3.65. The molecule has 4 heteroatoms. The van der Waals surface area contributed by atoms with Crippen LogP contribution in [0.15, 0.2) is 79.0 Å². The Kier molecular flexibility index (Phi) is 4.63. The first-order chi connectivity index (χ1) is 15.1. The van der Waals surface area contributed by atoms with Crippen molar-refractivity contribution in [1.29, 1.82) is 0 Å². The highest BCUT2D eigenvalue weighted by Crippen LogP contribution is 2.41. The van der Waals surface area contributed by atoms with Gasteiger partial charge in [-0.05, 0) is 54.1 Å². The highest BCUT2D eigenvalue weighted by atomic mass is 19.1. The fourth-order valence-corrected chi connectivity index (χ4v) is 4.31. The van der Waals surface area contributed by atoms with Crippen molar-refractivity contribution in [1.82, 2.24) is 9.61 Å². The first-order valence-electron chi connectivity index (χ1n) is 10.4. The van der Waals surface area contributed by atoms with Crippen molar-refractivity contribution in [3.05, 3.63) is 95.9 Å². The van der Waals surface area contributed by atoms with Crippen molar-refractivity contribution in [2.75, 3.05) is 0 Å². The van der Waals surface area contributed by atoms with Gasteiger partial charge < -0.3 is 0 Å². The highest BCUT2D eigenvalue weighted by molar-refractivity contribution is 6.10. The normalized spacial score (nSPS) is 11.3. The Bertz CT molecular complexity index is 1450. The van der Waals surface area contributed by atoms with E-state index in [1.54, 1.807) is 19.1 Å². The molecule has 0 atom stereocenters. The molecule has 0 saturated carbocycles. The number of Topliss-reactive ketones (excluding diaryl/α,β-unsaturated/α-hetero) is 1. The van der Waals surface area contributed by atoms with Gasteiger partial charge in [0.15, 0.2) is 5.78 Å². The van der Waals surface area contributed by atoms with Gasteiger partial charge in [0, 0.05) is 22.1 Å². The fraction of sp³-hybridized carbons (Fsp3) is 0.111. The maximum absolute atomic E-state index is 14.5. The van der Waals surface area contributed by atoms with Gasteiger partial charge in [0.05, 0.1) is 17.4 Å². The molecule has 0 bridgehead atoms. The van der Waals surface area contributed by atoms with Gasteiger partial charge in [0.1, 0.15) is 5.82 Å². The molecule has 0 radical (unpaired) electrons. The average molecular weight is 408 g/mol. The molecule has 31 heavy (non-hydrogen) atoms. The SMILES string of the molecule is CCc1cnn2c(-c3ccccc3)c(-c3cccc(C(C)=O)c3)c3cc(F)ccc3c12. The van der Waals surface area contributed by atoms with Crippen LogP contribution in [0.2, 0.25) is 0 Å². The highest BCUT2D eigenvalue weighted by Gasteiger charge is 2.21. The van der Waals surface area contributed by atoms with E-state index in [0.29, 0.717) is 5.56 Å². The molecule has 0 aliphatic carbocycles. The zero-order valence-corrected chi connectivity index (χ0v) is 17.4. The summed E-state index contributed by atoms with van der Waals surface area (Å²) in [4.78, 5) is 12.1. The van der Waals surface area contributed by atoms with E-state index in [4.69, 9.17) is 5.10 Å². The number of pyridine rings is 1. The molecule has 0 fully saturated rings. The molecule has 3 aromatic carbocycles. The molecule has 152 valence electrons. The molecule has 2 heterocycles. The van der Waals surface area contributed by atoms with Crippen LogP contribution in [0.5, 0.6) is 0 Å². The molecule has 0 spiro atoms. The Morgan fingerprint density at radius 2 is 1.71 bits per heavy atom. The van der Waals surface area contributed by atoms with Crippen LogP contribution in [-0.2, 0) is 6.42 Å². The van der Waals surface area contributed by atoms with E-state index in [1.165, 1.54) is 6.07 Å². The second-order valence-electron chi connectivity index (χ2n) is 7.70. The predicted octanol–water partition coefficient (Wildman–Crippen LogP) is 6.73. The van der Waals surface area contributed by atoms with Gasteiger partial charge in [-0.1, -0.05) is 55.5 Å². The van der Waals surface area contributed by atoms with Crippen molar-refractivity contribution >= 4 is 22.1 Å². The van der Waals surface area contributed by atoms with Crippen LogP contribution in [0.4, 0.5) is 4.39 Å². The predicted molar refractivity (Wildman–Crippen MR) is 123 cm³/mol. The fourth-order valence-electron chi connectivity index (χ4n) is 4.31. The minimum atomic E-state index is -0.294. The second-order valence-corrected chi connectivity index (χ2v) is 7.70. The first kappa shape index (κ1) is 19.2. The maximum Gasteiger partial charge on any atom is 0.159 e. The van der Waals surface area contributed by atoms with Gasteiger partial charge in [-0.25, -0.2) is 8.91 Å². The third kappa shape index (κ3) is 3.12. The van der Waals surface area contributed by atoms with Crippen molar-refractivity contribution in [3.8, 4) is 22.4 Å². The van der Waals surface area contributed by atoms with Crippen molar-refractivity contribution < 1.29 is 9.18 Å². The number of hydrogen-bond donors (Lipinski definition) is 0. The molecule has 5 rings (SSSR count). The molecule has 0 aliphatic rings. The molecule has 0 aliphatic heterocycles. The lowest BCUT2D eigenvalue weighted by Crippen LogP contribution is -2.01. The van der Waals surface area contributed by atoms with E-state index in [1.807, 2.05) is 65.3 Å². The first-order valence-corrected chi connectivity index (χ1v) is 10.4. The van der Waals surface area contributed by atoms with Crippen LogP contribution in [0.1, 0.15) is 29.8 Å². The summed E-state index contributed by atoms with van der Waals surface area (Å²) in [6, 6.07) is 22.4. The monoisotopic (exact) mass is 408 g/mol. The van der Waals surface area contributed by atoms with Gasteiger partial charge in [0.25, 0.3) is 0 Å². The molecule has 0 amide bonds. The molecule has 5 aromatic rings. The Morgan fingerprint density at radius 3 is 2.45 bits per heavy atom. The number of carbonyl (C=O) groups is 1. The van der Waals surface area contributed by atoms with E-state index in [2.05, 4.69) is 6.92 Å². The van der Waals surface area contributed by atoms with Crippen LogP contribution in [0.25, 0.3) is 38.7 Å². The number of rotatable bonds is 4. The number of fused-ring (bicyclic) bond motifs is 3. The number of aromatic nitrogens is 2. The van der Waals surface area contributed by atoms with E-state index in [9.17, 15) is 9.18 Å². The molecule has 2 aromatic heterocycles. The molecular weight excluding hydrogens is 387 g/mol. The largest absolute Gasteiger partial charge is 0.295 e. The van der Waals surface area contributed by atoms with Crippen LogP contribution in [0, 0.1) is 5.82 Å². The van der Waals surface area contributed by atoms with E-state index in [0.717, 1.165) is 50.7 Å². The number of benzene rings is 3. The van der Waals surface area contributed by atoms with Gasteiger partial charge in [-0.2, -0.15) is 5.10 Å². The van der Waals surface area contributed by atoms with Crippen LogP contribution in [-0.4, -0.2) is 15.4 Å². The Morgan fingerprint density at radius 1 is 0.935 bits per heavy atom. The summed E-state index contributed by atoms with van der Waals surface area (Å²) in [5.41, 5.74) is 6.30. The van der Waals surface area contributed by atoms with Crippen molar-refractivity contribution in [3.63, 3.8) is 0 Å². The maximum atomic E-state index is 14.5. The smallest absolute Gasteiger partial charge is 0.159 e. The zero-order chi connectivity index (χ0) is 21.5. The van der Waals surface area contributed by atoms with Gasteiger partial charge in [-0.3, -0.25) is 4.79 Å². The number of carbonyl (C=O) groups excluding carboxylic acids is 1. The van der Waals surface area contributed by atoms with Crippen LogP contribution < -0.4 is 0 Å². The molecule has 0 saturated heterocycles. The minimum Gasteiger partial charge on any atom is -0.295 e. The quantitative estimate of drug-likeness (QED) is 0.309. The number of aryl methyl sites for hydroxylation is 1. The summed E-state index contributed by atoms with van der Waals surface area (Å²) < 4.78 is 16.5. The standard InChI is InChI=1S/C27H21FN2O/c1-3-18-16-29-30-26(18)23-13-12-22(28)15-24(23)25(27(30)19-8-5-4-6-9-19)21-11-7-10-20(14-21)17(2)31/h4-16H,3H2,1-2H3. The molecular formula is C27H21FN2O.